The number of benzene rings is 1. The number of carbonyl (C=O) groups excluding carboxylic acids is 2. The monoisotopic (exact) mass is 523 g/mol. The first kappa shape index (κ1) is 28.7. The van der Waals surface area contributed by atoms with Gasteiger partial charge in [0, 0.05) is 56.3 Å². The molecular weight excluding hydrogens is 482 g/mol. The largest absolute Gasteiger partial charge is 0.453 e. The molecule has 2 saturated heterocycles. The second kappa shape index (κ2) is 15.4. The van der Waals surface area contributed by atoms with Gasteiger partial charge in [-0.2, -0.15) is 0 Å². The van der Waals surface area contributed by atoms with Crippen LogP contribution in [0.3, 0.4) is 0 Å². The predicted molar refractivity (Wildman–Crippen MR) is 140 cm³/mol. The Morgan fingerprint density at radius 3 is 2.86 bits per heavy atom. The van der Waals surface area contributed by atoms with E-state index in [0.717, 1.165) is 57.4 Å². The Hall–Kier alpha value is -1.87. The lowest BCUT2D eigenvalue weighted by molar-refractivity contribution is -0.134. The van der Waals surface area contributed by atoms with E-state index < -0.39 is 6.09 Å². The van der Waals surface area contributed by atoms with Gasteiger partial charge in [0.15, 0.2) is 0 Å². The number of carbonyl (C=O) groups is 2. The van der Waals surface area contributed by atoms with Crippen LogP contribution in [0.1, 0.15) is 56.6 Å². The SMILES string of the molecule is CN[C@H](CCC(=O)N1CCC[C@@H]([C@@H](OCCNC(=O)OC)c2cccc(Cl)c2)C1)C[C@H]1CCCOC1. The van der Waals surface area contributed by atoms with Gasteiger partial charge in [0.05, 0.1) is 19.8 Å². The third kappa shape index (κ3) is 9.21. The topological polar surface area (TPSA) is 89.1 Å². The maximum atomic E-state index is 13.2. The normalized spacial score (nSPS) is 22.0. The summed E-state index contributed by atoms with van der Waals surface area (Å²) in [5, 5.41) is 6.71. The van der Waals surface area contributed by atoms with E-state index in [4.69, 9.17) is 21.1 Å². The number of nitrogens with one attached hydrogen (secondary N) is 2. The fourth-order valence-electron chi connectivity index (χ4n) is 5.31. The van der Waals surface area contributed by atoms with Gasteiger partial charge in [0.25, 0.3) is 0 Å². The van der Waals surface area contributed by atoms with Crippen LogP contribution in [0.2, 0.25) is 5.02 Å². The third-order valence-corrected chi connectivity index (χ3v) is 7.49. The lowest BCUT2D eigenvalue weighted by atomic mass is 9.88. The van der Waals surface area contributed by atoms with Crippen LogP contribution in [-0.2, 0) is 19.0 Å². The smallest absolute Gasteiger partial charge is 0.406 e. The first-order valence-corrected chi connectivity index (χ1v) is 13.6. The van der Waals surface area contributed by atoms with E-state index in [-0.39, 0.29) is 17.9 Å². The zero-order valence-electron chi connectivity index (χ0n) is 21.7. The number of nitrogens with zero attached hydrogens (tertiary/aromatic N) is 1. The summed E-state index contributed by atoms with van der Waals surface area (Å²) in [6.45, 7) is 3.82. The Bertz CT molecular complexity index is 820. The Morgan fingerprint density at radius 1 is 1.28 bits per heavy atom. The highest BCUT2D eigenvalue weighted by atomic mass is 35.5. The lowest BCUT2D eigenvalue weighted by Gasteiger charge is -2.37. The fraction of sp³-hybridized carbons (Fsp3) is 0.704. The van der Waals surface area contributed by atoms with E-state index in [0.29, 0.717) is 43.1 Å². The molecule has 2 fully saturated rings. The molecule has 0 unspecified atom stereocenters. The summed E-state index contributed by atoms with van der Waals surface area (Å²) in [7, 11) is 3.32. The summed E-state index contributed by atoms with van der Waals surface area (Å²) in [6.07, 6.45) is 5.97. The minimum absolute atomic E-state index is 0.152. The summed E-state index contributed by atoms with van der Waals surface area (Å²) in [6, 6.07) is 8.02. The molecule has 0 radical (unpaired) electrons. The van der Waals surface area contributed by atoms with Crippen molar-refractivity contribution in [2.24, 2.45) is 11.8 Å². The Kier molecular flexibility index (Phi) is 12.3. The van der Waals surface area contributed by atoms with Crippen molar-refractivity contribution in [1.29, 1.82) is 0 Å². The molecule has 8 nitrogen and oxygen atoms in total. The number of hydrogen-bond acceptors (Lipinski definition) is 6. The Morgan fingerprint density at radius 2 is 2.14 bits per heavy atom. The number of ether oxygens (including phenoxy) is 3. The van der Waals surface area contributed by atoms with Gasteiger partial charge in [-0.25, -0.2) is 4.79 Å². The molecule has 2 N–H and O–H groups in total. The van der Waals surface area contributed by atoms with Gasteiger partial charge in [-0.15, -0.1) is 0 Å². The van der Waals surface area contributed by atoms with E-state index in [1.54, 1.807) is 0 Å². The van der Waals surface area contributed by atoms with Crippen LogP contribution >= 0.6 is 11.6 Å². The fourth-order valence-corrected chi connectivity index (χ4v) is 5.51. The number of amides is 2. The zero-order chi connectivity index (χ0) is 25.8. The van der Waals surface area contributed by atoms with E-state index in [2.05, 4.69) is 15.4 Å². The van der Waals surface area contributed by atoms with Crippen molar-refractivity contribution >= 4 is 23.6 Å². The molecule has 0 saturated carbocycles. The summed E-state index contributed by atoms with van der Waals surface area (Å²) in [4.78, 5) is 26.6. The van der Waals surface area contributed by atoms with Crippen LogP contribution in [0.25, 0.3) is 0 Å². The van der Waals surface area contributed by atoms with Gasteiger partial charge >= 0.3 is 6.09 Å². The van der Waals surface area contributed by atoms with Gasteiger partial charge in [-0.3, -0.25) is 4.79 Å². The van der Waals surface area contributed by atoms with Crippen molar-refractivity contribution in [2.75, 3.05) is 53.6 Å². The molecule has 202 valence electrons. The number of rotatable bonds is 12. The van der Waals surface area contributed by atoms with E-state index in [1.165, 1.54) is 13.5 Å². The van der Waals surface area contributed by atoms with Crippen molar-refractivity contribution in [2.45, 2.75) is 57.1 Å². The maximum absolute atomic E-state index is 13.2. The average molecular weight is 524 g/mol. The third-order valence-electron chi connectivity index (χ3n) is 7.26. The zero-order valence-corrected chi connectivity index (χ0v) is 22.4. The second-order valence-electron chi connectivity index (χ2n) is 9.85. The van der Waals surface area contributed by atoms with Gasteiger partial charge in [-0.1, -0.05) is 23.7 Å². The molecule has 1 aromatic rings. The molecular formula is C27H42ClN3O5. The quantitative estimate of drug-likeness (QED) is 0.400. The molecule has 0 aromatic heterocycles. The minimum atomic E-state index is -0.483. The minimum Gasteiger partial charge on any atom is -0.453 e. The maximum Gasteiger partial charge on any atom is 0.406 e. The standard InChI is InChI=1S/C27H42ClN3O5/c1-29-24(16-20-6-5-14-35-19-20)10-11-25(32)31-13-4-8-22(18-31)26(21-7-3-9-23(28)17-21)36-15-12-30-27(33)34-2/h3,7,9,17,20,22,24,26,29H,4-6,8,10-16,18-19H2,1-2H3,(H,30,33)/t20-,22-,24-,26+/m1/s1. The number of piperidine rings is 1. The van der Waals surface area contributed by atoms with E-state index >= 15 is 0 Å². The van der Waals surface area contributed by atoms with Crippen LogP contribution in [-0.4, -0.2) is 76.6 Å². The number of likely N-dealkylation sites (tertiary alicyclic amines) is 1. The number of halogens is 1. The summed E-state index contributed by atoms with van der Waals surface area (Å²) >= 11 is 6.28. The van der Waals surface area contributed by atoms with Crippen LogP contribution in [0.4, 0.5) is 4.79 Å². The molecule has 9 heteroatoms. The molecule has 0 spiro atoms. The van der Waals surface area contributed by atoms with Crippen molar-refractivity contribution < 1.29 is 23.8 Å². The van der Waals surface area contributed by atoms with Crippen molar-refractivity contribution in [3.05, 3.63) is 34.9 Å². The summed E-state index contributed by atoms with van der Waals surface area (Å²) < 4.78 is 16.5. The van der Waals surface area contributed by atoms with Crippen LogP contribution in [0.15, 0.2) is 24.3 Å². The Balaban J connectivity index is 1.56. The van der Waals surface area contributed by atoms with E-state index in [1.807, 2.05) is 36.2 Å². The molecule has 0 aliphatic carbocycles. The second-order valence-corrected chi connectivity index (χ2v) is 10.3. The number of methoxy groups -OCH3 is 1. The molecule has 1 aromatic carbocycles. The van der Waals surface area contributed by atoms with E-state index in [9.17, 15) is 9.59 Å². The lowest BCUT2D eigenvalue weighted by Crippen LogP contribution is -2.43. The first-order chi connectivity index (χ1) is 17.5. The van der Waals surface area contributed by atoms with Gasteiger partial charge in [0.2, 0.25) is 5.91 Å². The molecule has 3 rings (SSSR count). The van der Waals surface area contributed by atoms with Gasteiger partial charge < -0.3 is 29.7 Å². The molecule has 2 heterocycles. The molecule has 2 amide bonds. The number of hydrogen-bond donors (Lipinski definition) is 2. The molecule has 2 aliphatic rings. The van der Waals surface area contributed by atoms with Crippen LogP contribution in [0, 0.1) is 11.8 Å². The van der Waals surface area contributed by atoms with Crippen LogP contribution < -0.4 is 10.6 Å². The molecule has 0 bridgehead atoms. The highest BCUT2D eigenvalue weighted by Crippen LogP contribution is 2.34. The van der Waals surface area contributed by atoms with Gasteiger partial charge in [0.1, 0.15) is 0 Å². The summed E-state index contributed by atoms with van der Waals surface area (Å²) in [5.41, 5.74) is 0.991. The summed E-state index contributed by atoms with van der Waals surface area (Å²) in [5.74, 6) is 0.936. The van der Waals surface area contributed by atoms with Crippen molar-refractivity contribution in [3.63, 3.8) is 0 Å². The first-order valence-electron chi connectivity index (χ1n) is 13.2. The van der Waals surface area contributed by atoms with Gasteiger partial charge in [-0.05, 0) is 69.2 Å². The average Bonchev–Trinajstić information content (AvgIpc) is 2.91. The van der Waals surface area contributed by atoms with Crippen molar-refractivity contribution in [3.8, 4) is 0 Å². The van der Waals surface area contributed by atoms with Crippen molar-refractivity contribution in [1.82, 2.24) is 15.5 Å². The predicted octanol–water partition coefficient (Wildman–Crippen LogP) is 4.18. The highest BCUT2D eigenvalue weighted by molar-refractivity contribution is 6.30. The molecule has 4 atom stereocenters. The molecule has 2 aliphatic heterocycles. The number of alkyl carbamates (subject to hydrolysis) is 1. The Labute approximate surface area is 220 Å². The highest BCUT2D eigenvalue weighted by Gasteiger charge is 2.31. The molecule has 36 heavy (non-hydrogen) atoms. The van der Waals surface area contributed by atoms with Crippen LogP contribution in [0.5, 0.6) is 0 Å².